The van der Waals surface area contributed by atoms with Crippen LogP contribution in [0.4, 0.5) is 13.2 Å². The maximum Gasteiger partial charge on any atom is 0.425 e. The molecule has 154 valence electrons. The molecule has 2 nitrogen and oxygen atoms in total. The Bertz CT molecular complexity index is 1380. The molecule has 0 bridgehead atoms. The average Bonchev–Trinajstić information content (AvgIpc) is 3.21. The molecule has 0 radical (unpaired) electrons. The lowest BCUT2D eigenvalue weighted by atomic mass is 9.82. The minimum Gasteiger partial charge on any atom is -0.372 e. The molecule has 1 aromatic heterocycles. The molecule has 0 amide bonds. The van der Waals surface area contributed by atoms with Crippen molar-refractivity contribution in [2.45, 2.75) is 11.8 Å². The second-order valence-electron chi connectivity index (χ2n) is 7.53. The zero-order chi connectivity index (χ0) is 21.6. The Morgan fingerprint density at radius 1 is 0.677 bits per heavy atom. The Kier molecular flexibility index (Phi) is 4.38. The molecule has 1 heterocycles. The third kappa shape index (κ3) is 3.01. The lowest BCUT2D eigenvalue weighted by molar-refractivity contribution is -0.247. The van der Waals surface area contributed by atoms with Crippen LogP contribution in [-0.2, 0) is 5.60 Å². The molecule has 0 aliphatic heterocycles. The molecule has 1 N–H and O–H groups in total. The van der Waals surface area contributed by atoms with E-state index in [1.54, 1.807) is 48.5 Å². The number of benzene rings is 4. The molecule has 0 saturated heterocycles. The smallest absolute Gasteiger partial charge is 0.372 e. The second-order valence-corrected chi connectivity index (χ2v) is 7.53. The first-order chi connectivity index (χ1) is 14.9. The number of rotatable bonds is 3. The lowest BCUT2D eigenvalue weighted by Gasteiger charge is -2.32. The van der Waals surface area contributed by atoms with Gasteiger partial charge < -0.3 is 9.67 Å². The van der Waals surface area contributed by atoms with E-state index in [9.17, 15) is 18.3 Å². The Hall–Kier alpha value is -3.57. The normalized spacial score (nSPS) is 14.1. The highest BCUT2D eigenvalue weighted by atomic mass is 19.4. The Balaban J connectivity index is 1.73. The highest BCUT2D eigenvalue weighted by Crippen LogP contribution is 2.47. The molecule has 5 aromatic rings. The molecule has 0 fully saturated rings. The summed E-state index contributed by atoms with van der Waals surface area (Å²) in [4.78, 5) is 0. The molecule has 4 aromatic carbocycles. The second kappa shape index (κ2) is 7.00. The van der Waals surface area contributed by atoms with Crippen molar-refractivity contribution in [2.24, 2.45) is 0 Å². The third-order valence-electron chi connectivity index (χ3n) is 5.73. The Morgan fingerprint density at radius 2 is 1.39 bits per heavy atom. The van der Waals surface area contributed by atoms with Crippen LogP contribution in [0.25, 0.3) is 27.4 Å². The van der Waals surface area contributed by atoms with E-state index in [0.29, 0.717) is 16.2 Å². The highest BCUT2D eigenvalue weighted by Gasteiger charge is 2.56. The van der Waals surface area contributed by atoms with Crippen molar-refractivity contribution in [3.8, 4) is 5.69 Å². The van der Waals surface area contributed by atoms with Crippen LogP contribution in [0, 0.1) is 0 Å². The first-order valence-corrected chi connectivity index (χ1v) is 9.84. The van der Waals surface area contributed by atoms with Crippen LogP contribution < -0.4 is 0 Å². The van der Waals surface area contributed by atoms with Gasteiger partial charge in [-0.25, -0.2) is 0 Å². The Morgan fingerprint density at radius 3 is 2.16 bits per heavy atom. The van der Waals surface area contributed by atoms with Gasteiger partial charge in [0.1, 0.15) is 0 Å². The quantitative estimate of drug-likeness (QED) is 0.352. The van der Waals surface area contributed by atoms with Crippen LogP contribution in [-0.4, -0.2) is 15.8 Å². The van der Waals surface area contributed by atoms with Crippen LogP contribution >= 0.6 is 0 Å². The van der Waals surface area contributed by atoms with Crippen LogP contribution in [0.3, 0.4) is 0 Å². The van der Waals surface area contributed by atoms with Gasteiger partial charge in [0.15, 0.2) is 0 Å². The number of hydrogen-bond acceptors (Lipinski definition) is 1. The molecule has 1 unspecified atom stereocenters. The molecule has 5 rings (SSSR count). The number of fused-ring (bicyclic) bond motifs is 2. The summed E-state index contributed by atoms with van der Waals surface area (Å²) < 4.78 is 45.2. The predicted octanol–water partition coefficient (Wildman–Crippen LogP) is 6.58. The van der Waals surface area contributed by atoms with E-state index in [4.69, 9.17) is 0 Å². The molecular weight excluding hydrogens is 399 g/mol. The molecule has 0 saturated carbocycles. The molecular formula is C26H18F3NO. The van der Waals surface area contributed by atoms with Crippen molar-refractivity contribution < 1.29 is 18.3 Å². The largest absolute Gasteiger partial charge is 0.425 e. The Labute approximate surface area is 176 Å². The fraction of sp³-hybridized carbons (Fsp3) is 0.0769. The van der Waals surface area contributed by atoms with Crippen LogP contribution in [0.1, 0.15) is 11.1 Å². The van der Waals surface area contributed by atoms with E-state index in [0.717, 1.165) is 11.2 Å². The summed E-state index contributed by atoms with van der Waals surface area (Å²) in [5, 5.41) is 12.9. The van der Waals surface area contributed by atoms with Crippen molar-refractivity contribution in [3.05, 3.63) is 114 Å². The van der Waals surface area contributed by atoms with Crippen molar-refractivity contribution in [2.75, 3.05) is 0 Å². The van der Waals surface area contributed by atoms with Crippen molar-refractivity contribution >= 4 is 21.7 Å². The summed E-state index contributed by atoms with van der Waals surface area (Å²) >= 11 is 0. The van der Waals surface area contributed by atoms with Gasteiger partial charge in [0.05, 0.1) is 5.52 Å². The maximum atomic E-state index is 14.4. The molecule has 31 heavy (non-hydrogen) atoms. The highest BCUT2D eigenvalue weighted by molar-refractivity contribution is 5.88. The van der Waals surface area contributed by atoms with Gasteiger partial charge in [-0.05, 0) is 46.7 Å². The zero-order valence-corrected chi connectivity index (χ0v) is 16.3. The number of alkyl halides is 3. The van der Waals surface area contributed by atoms with Crippen molar-refractivity contribution in [1.82, 2.24) is 4.57 Å². The molecule has 0 aliphatic carbocycles. The van der Waals surface area contributed by atoms with Gasteiger partial charge in [-0.1, -0.05) is 66.7 Å². The van der Waals surface area contributed by atoms with Crippen LogP contribution in [0.2, 0.25) is 0 Å². The van der Waals surface area contributed by atoms with E-state index in [2.05, 4.69) is 0 Å². The number of halogens is 3. The van der Waals surface area contributed by atoms with Gasteiger partial charge in [0.25, 0.3) is 0 Å². The average molecular weight is 417 g/mol. The summed E-state index contributed by atoms with van der Waals surface area (Å²) in [6.45, 7) is 0. The van der Waals surface area contributed by atoms with Crippen LogP contribution in [0.15, 0.2) is 103 Å². The summed E-state index contributed by atoms with van der Waals surface area (Å²) in [6.07, 6.45) is -3.10. The van der Waals surface area contributed by atoms with Gasteiger partial charge in [0, 0.05) is 22.8 Å². The van der Waals surface area contributed by atoms with Gasteiger partial charge in [-0.15, -0.1) is 0 Å². The van der Waals surface area contributed by atoms with E-state index in [-0.39, 0.29) is 11.1 Å². The predicted molar refractivity (Wildman–Crippen MR) is 116 cm³/mol. The van der Waals surface area contributed by atoms with Gasteiger partial charge in [-0.3, -0.25) is 0 Å². The van der Waals surface area contributed by atoms with Crippen LogP contribution in [0.5, 0.6) is 0 Å². The molecule has 5 heteroatoms. The topological polar surface area (TPSA) is 25.2 Å². The number of aliphatic hydroxyl groups is 1. The summed E-state index contributed by atoms with van der Waals surface area (Å²) in [6, 6.07) is 27.1. The zero-order valence-electron chi connectivity index (χ0n) is 16.3. The standard InChI is InChI=1S/C26H18F3NO/c27-26(28,29)25(31,23-12-6-8-18-7-4-5-11-22(18)23)20-13-14-24-19(17-20)15-16-30(24)21-9-2-1-3-10-21/h1-17,31H. The van der Waals surface area contributed by atoms with E-state index >= 15 is 0 Å². The first-order valence-electron chi connectivity index (χ1n) is 9.84. The minimum absolute atomic E-state index is 0.181. The van der Waals surface area contributed by atoms with Gasteiger partial charge in [0.2, 0.25) is 5.60 Å². The van der Waals surface area contributed by atoms with Crippen molar-refractivity contribution in [3.63, 3.8) is 0 Å². The SMILES string of the molecule is OC(c1ccc2c(ccn2-c2ccccc2)c1)(c1cccc2ccccc12)C(F)(F)F. The molecule has 1 atom stereocenters. The van der Waals surface area contributed by atoms with Gasteiger partial charge >= 0.3 is 6.18 Å². The minimum atomic E-state index is -4.91. The van der Waals surface area contributed by atoms with Gasteiger partial charge in [-0.2, -0.15) is 13.2 Å². The fourth-order valence-corrected chi connectivity index (χ4v) is 4.19. The summed E-state index contributed by atoms with van der Waals surface area (Å²) in [7, 11) is 0. The molecule has 0 spiro atoms. The van der Waals surface area contributed by atoms with E-state index in [1.807, 2.05) is 41.1 Å². The number of nitrogens with zero attached hydrogens (tertiary/aromatic N) is 1. The van der Waals surface area contributed by atoms with Crippen molar-refractivity contribution in [1.29, 1.82) is 0 Å². The number of para-hydroxylation sites is 1. The van der Waals surface area contributed by atoms with E-state index < -0.39 is 11.8 Å². The summed E-state index contributed by atoms with van der Waals surface area (Å²) in [5.74, 6) is 0. The fourth-order valence-electron chi connectivity index (χ4n) is 4.19. The van der Waals surface area contributed by atoms with E-state index in [1.165, 1.54) is 18.2 Å². The lowest BCUT2D eigenvalue weighted by Crippen LogP contribution is -2.43. The first kappa shape index (κ1) is 19.4. The maximum absolute atomic E-state index is 14.4. The number of aromatic nitrogens is 1. The number of hydrogen-bond donors (Lipinski definition) is 1. The third-order valence-corrected chi connectivity index (χ3v) is 5.73. The molecule has 0 aliphatic rings. The monoisotopic (exact) mass is 417 g/mol. The summed E-state index contributed by atoms with van der Waals surface area (Å²) in [5.41, 5.74) is -1.87.